The Hall–Kier alpha value is -2.06. The van der Waals surface area contributed by atoms with E-state index in [1.54, 1.807) is 0 Å². The summed E-state index contributed by atoms with van der Waals surface area (Å²) in [6.45, 7) is 5.31. The highest BCUT2D eigenvalue weighted by Crippen LogP contribution is 2.30. The molecule has 0 spiro atoms. The van der Waals surface area contributed by atoms with E-state index in [4.69, 9.17) is 4.42 Å². The van der Waals surface area contributed by atoms with Gasteiger partial charge in [-0.3, -0.25) is 0 Å². The summed E-state index contributed by atoms with van der Waals surface area (Å²) in [5.74, 6) is 0. The van der Waals surface area contributed by atoms with Gasteiger partial charge in [-0.1, -0.05) is 55.0 Å². The van der Waals surface area contributed by atoms with E-state index in [9.17, 15) is 0 Å². The van der Waals surface area contributed by atoms with E-state index in [1.807, 2.05) is 18.4 Å². The molecule has 2 nitrogen and oxygen atoms in total. The summed E-state index contributed by atoms with van der Waals surface area (Å²) in [6, 6.07) is 17.1. The van der Waals surface area contributed by atoms with Crippen LogP contribution in [0.25, 0.3) is 11.0 Å². The van der Waals surface area contributed by atoms with Crippen LogP contribution >= 0.6 is 0 Å². The number of benzene rings is 2. The predicted octanol–water partition coefficient (Wildman–Crippen LogP) is 4.83. The highest BCUT2D eigenvalue weighted by Gasteiger charge is 2.18. The summed E-state index contributed by atoms with van der Waals surface area (Å²) in [5.41, 5.74) is 4.73. The minimum Gasteiger partial charge on any atom is -0.464 e. The number of para-hydroxylation sites is 1. The molecule has 1 aromatic heterocycles. The minimum absolute atomic E-state index is 0.175. The van der Waals surface area contributed by atoms with Crippen LogP contribution in [-0.4, -0.2) is 6.54 Å². The van der Waals surface area contributed by atoms with E-state index in [2.05, 4.69) is 55.6 Å². The summed E-state index contributed by atoms with van der Waals surface area (Å²) < 4.78 is 5.72. The molecule has 0 bridgehead atoms. The fourth-order valence-electron chi connectivity index (χ4n) is 2.77. The largest absolute Gasteiger partial charge is 0.464 e. The molecule has 3 rings (SSSR count). The Morgan fingerprint density at radius 1 is 1.10 bits per heavy atom. The molecular weight excluding hydrogens is 258 g/mol. The Bertz CT molecular complexity index is 729. The van der Waals surface area contributed by atoms with E-state index in [0.29, 0.717) is 0 Å². The third-order valence-electron chi connectivity index (χ3n) is 3.80. The van der Waals surface area contributed by atoms with Crippen molar-refractivity contribution < 1.29 is 4.42 Å². The summed E-state index contributed by atoms with van der Waals surface area (Å²) >= 11 is 0. The Morgan fingerprint density at radius 3 is 2.76 bits per heavy atom. The minimum atomic E-state index is 0.175. The second kappa shape index (κ2) is 6.15. The van der Waals surface area contributed by atoms with Crippen molar-refractivity contribution in [1.29, 1.82) is 0 Å². The first-order chi connectivity index (χ1) is 10.3. The van der Waals surface area contributed by atoms with E-state index in [-0.39, 0.29) is 6.04 Å². The second-order valence-electron chi connectivity index (χ2n) is 5.49. The quantitative estimate of drug-likeness (QED) is 0.723. The van der Waals surface area contributed by atoms with Gasteiger partial charge < -0.3 is 9.73 Å². The maximum atomic E-state index is 5.72. The lowest BCUT2D eigenvalue weighted by molar-refractivity contribution is 0.572. The molecular formula is C19H21NO. The van der Waals surface area contributed by atoms with Crippen LogP contribution in [0.4, 0.5) is 0 Å². The van der Waals surface area contributed by atoms with Gasteiger partial charge in [-0.05, 0) is 31.5 Å². The SMILES string of the molecule is CCCNC(c1cccc(C)c1)c1coc2ccccc12. The van der Waals surface area contributed by atoms with Crippen LogP contribution in [0.15, 0.2) is 59.2 Å². The number of aryl methyl sites for hydroxylation is 1. The first-order valence-corrected chi connectivity index (χ1v) is 7.55. The first-order valence-electron chi connectivity index (χ1n) is 7.55. The van der Waals surface area contributed by atoms with E-state index < -0.39 is 0 Å². The fourth-order valence-corrected chi connectivity index (χ4v) is 2.77. The van der Waals surface area contributed by atoms with Gasteiger partial charge in [0.25, 0.3) is 0 Å². The lowest BCUT2D eigenvalue weighted by atomic mass is 9.97. The smallest absolute Gasteiger partial charge is 0.134 e. The normalized spacial score (nSPS) is 12.7. The van der Waals surface area contributed by atoms with E-state index >= 15 is 0 Å². The molecule has 1 heterocycles. The number of fused-ring (bicyclic) bond motifs is 1. The monoisotopic (exact) mass is 279 g/mol. The zero-order valence-electron chi connectivity index (χ0n) is 12.6. The lowest BCUT2D eigenvalue weighted by Gasteiger charge is -2.18. The van der Waals surface area contributed by atoms with Crippen molar-refractivity contribution in [1.82, 2.24) is 5.32 Å². The van der Waals surface area contributed by atoms with Gasteiger partial charge in [0.1, 0.15) is 5.58 Å². The van der Waals surface area contributed by atoms with Crippen LogP contribution < -0.4 is 5.32 Å². The van der Waals surface area contributed by atoms with Crippen molar-refractivity contribution in [3.63, 3.8) is 0 Å². The van der Waals surface area contributed by atoms with Crippen LogP contribution in [0.2, 0.25) is 0 Å². The van der Waals surface area contributed by atoms with Crippen molar-refractivity contribution >= 4 is 11.0 Å². The molecule has 0 aliphatic heterocycles. The summed E-state index contributed by atoms with van der Waals surface area (Å²) in [7, 11) is 0. The number of rotatable bonds is 5. The molecule has 3 aromatic rings. The van der Waals surface area contributed by atoms with Crippen molar-refractivity contribution in [2.24, 2.45) is 0 Å². The molecule has 0 saturated carbocycles. The molecule has 0 radical (unpaired) electrons. The molecule has 0 saturated heterocycles. The second-order valence-corrected chi connectivity index (χ2v) is 5.49. The standard InChI is InChI=1S/C19H21NO/c1-3-11-20-19(15-8-6-7-14(2)12-15)17-13-21-18-10-5-4-9-16(17)18/h4-10,12-13,19-20H,3,11H2,1-2H3. The highest BCUT2D eigenvalue weighted by molar-refractivity contribution is 5.81. The third-order valence-corrected chi connectivity index (χ3v) is 3.80. The fraction of sp³-hybridized carbons (Fsp3) is 0.263. The number of hydrogen-bond donors (Lipinski definition) is 1. The Balaban J connectivity index is 2.06. The molecule has 0 aliphatic carbocycles. The summed E-state index contributed by atoms with van der Waals surface area (Å²) in [4.78, 5) is 0. The molecule has 2 aromatic carbocycles. The van der Waals surface area contributed by atoms with Crippen LogP contribution in [-0.2, 0) is 0 Å². The Kier molecular flexibility index (Phi) is 4.07. The zero-order valence-corrected chi connectivity index (χ0v) is 12.6. The van der Waals surface area contributed by atoms with E-state index in [0.717, 1.165) is 18.5 Å². The van der Waals surface area contributed by atoms with Crippen molar-refractivity contribution in [3.05, 3.63) is 71.5 Å². The molecule has 1 atom stereocenters. The average Bonchev–Trinajstić information content (AvgIpc) is 2.92. The highest BCUT2D eigenvalue weighted by atomic mass is 16.3. The molecule has 108 valence electrons. The molecule has 0 amide bonds. The van der Waals surface area contributed by atoms with Crippen LogP contribution in [0, 0.1) is 6.92 Å². The van der Waals surface area contributed by atoms with Gasteiger partial charge in [0.05, 0.1) is 12.3 Å². The van der Waals surface area contributed by atoms with Gasteiger partial charge in [-0.15, -0.1) is 0 Å². The summed E-state index contributed by atoms with van der Waals surface area (Å²) in [5, 5.41) is 4.84. The lowest BCUT2D eigenvalue weighted by Crippen LogP contribution is -2.23. The van der Waals surface area contributed by atoms with Crippen molar-refractivity contribution in [3.8, 4) is 0 Å². The van der Waals surface area contributed by atoms with Crippen molar-refractivity contribution in [2.75, 3.05) is 6.54 Å². The summed E-state index contributed by atoms with van der Waals surface area (Å²) in [6.07, 6.45) is 3.00. The Labute approximate surface area is 125 Å². The zero-order chi connectivity index (χ0) is 14.7. The molecule has 0 fully saturated rings. The maximum Gasteiger partial charge on any atom is 0.134 e. The number of furan rings is 1. The third kappa shape index (κ3) is 2.86. The molecule has 2 heteroatoms. The number of nitrogens with one attached hydrogen (secondary N) is 1. The molecule has 0 aliphatic rings. The number of hydrogen-bond acceptors (Lipinski definition) is 2. The topological polar surface area (TPSA) is 25.2 Å². The van der Waals surface area contributed by atoms with Gasteiger partial charge in [-0.2, -0.15) is 0 Å². The predicted molar refractivity (Wildman–Crippen MR) is 87.5 cm³/mol. The van der Waals surface area contributed by atoms with Crippen molar-refractivity contribution in [2.45, 2.75) is 26.3 Å². The molecule has 21 heavy (non-hydrogen) atoms. The van der Waals surface area contributed by atoms with Gasteiger partial charge in [-0.25, -0.2) is 0 Å². The van der Waals surface area contributed by atoms with Gasteiger partial charge in [0.2, 0.25) is 0 Å². The van der Waals surface area contributed by atoms with Crippen LogP contribution in [0.3, 0.4) is 0 Å². The maximum absolute atomic E-state index is 5.72. The van der Waals surface area contributed by atoms with Gasteiger partial charge in [0.15, 0.2) is 0 Å². The van der Waals surface area contributed by atoms with Crippen LogP contribution in [0.5, 0.6) is 0 Å². The Morgan fingerprint density at radius 2 is 1.95 bits per heavy atom. The molecule has 1 unspecified atom stereocenters. The van der Waals surface area contributed by atoms with Crippen LogP contribution in [0.1, 0.15) is 36.1 Å². The molecule has 1 N–H and O–H groups in total. The van der Waals surface area contributed by atoms with E-state index in [1.165, 1.54) is 22.1 Å². The van der Waals surface area contributed by atoms with Gasteiger partial charge in [0, 0.05) is 10.9 Å². The average molecular weight is 279 g/mol. The first kappa shape index (κ1) is 13.9. The van der Waals surface area contributed by atoms with Gasteiger partial charge >= 0.3 is 0 Å².